The van der Waals surface area contributed by atoms with E-state index in [2.05, 4.69) is 31.1 Å². The first-order valence-electron chi connectivity index (χ1n) is 13.0. The van der Waals surface area contributed by atoms with Crippen molar-refractivity contribution in [2.75, 3.05) is 23.8 Å². The summed E-state index contributed by atoms with van der Waals surface area (Å²) in [5.41, 5.74) is 6.40. The fraction of sp³-hybridized carbons (Fsp3) is 0.258. The van der Waals surface area contributed by atoms with E-state index in [0.29, 0.717) is 32.5 Å². The van der Waals surface area contributed by atoms with E-state index in [0.717, 1.165) is 44.3 Å². The Morgan fingerprint density at radius 1 is 1.08 bits per heavy atom. The third kappa shape index (κ3) is 6.01. The van der Waals surface area contributed by atoms with Gasteiger partial charge in [0.2, 0.25) is 5.91 Å². The summed E-state index contributed by atoms with van der Waals surface area (Å²) in [5, 5.41) is 13.8. The van der Waals surface area contributed by atoms with Crippen molar-refractivity contribution in [1.82, 2.24) is 9.78 Å². The van der Waals surface area contributed by atoms with Gasteiger partial charge in [0.1, 0.15) is 5.75 Å². The number of carbonyl (C=O) groups is 2. The Labute approximate surface area is 232 Å². The zero-order valence-electron chi connectivity index (χ0n) is 22.1. The molecule has 1 aliphatic heterocycles. The minimum atomic E-state index is -0.945. The van der Waals surface area contributed by atoms with Crippen LogP contribution in [-0.4, -0.2) is 45.7 Å². The number of carbonyl (C=O) groups excluding carboxylic acids is 1. The van der Waals surface area contributed by atoms with E-state index in [-0.39, 0.29) is 11.5 Å². The number of rotatable bonds is 9. The third-order valence-corrected chi connectivity index (χ3v) is 8.06. The van der Waals surface area contributed by atoms with Gasteiger partial charge in [-0.1, -0.05) is 36.4 Å². The van der Waals surface area contributed by atoms with Crippen molar-refractivity contribution in [3.05, 3.63) is 95.3 Å². The van der Waals surface area contributed by atoms with Crippen LogP contribution in [0.1, 0.15) is 39.9 Å². The van der Waals surface area contributed by atoms with E-state index in [1.165, 1.54) is 5.56 Å². The molecule has 2 heterocycles. The molecule has 0 spiro atoms. The SMILES string of the molecule is Cc1cccc(OCCCC(=O)N2CCSc3c(-c4cnn(Cc5cccc(C(=O)O)c5)c4)cccc32)c1C. The summed E-state index contributed by atoms with van der Waals surface area (Å²) in [6, 6.07) is 19.0. The number of hydrogen-bond acceptors (Lipinski definition) is 5. The summed E-state index contributed by atoms with van der Waals surface area (Å²) >= 11 is 1.76. The molecule has 0 fully saturated rings. The Balaban J connectivity index is 1.26. The van der Waals surface area contributed by atoms with E-state index < -0.39 is 5.97 Å². The molecule has 7 nitrogen and oxygen atoms in total. The number of carboxylic acids is 1. The quantitative estimate of drug-likeness (QED) is 0.254. The van der Waals surface area contributed by atoms with Crippen LogP contribution in [0, 0.1) is 13.8 Å². The highest BCUT2D eigenvalue weighted by atomic mass is 32.2. The van der Waals surface area contributed by atoms with Gasteiger partial charge in [-0.2, -0.15) is 5.10 Å². The Morgan fingerprint density at radius 3 is 2.74 bits per heavy atom. The van der Waals surface area contributed by atoms with Crippen molar-refractivity contribution in [1.29, 1.82) is 0 Å². The zero-order chi connectivity index (χ0) is 27.4. The van der Waals surface area contributed by atoms with Gasteiger partial charge in [-0.3, -0.25) is 9.48 Å². The van der Waals surface area contributed by atoms with Crippen molar-refractivity contribution >= 4 is 29.3 Å². The van der Waals surface area contributed by atoms with Gasteiger partial charge < -0.3 is 14.7 Å². The Morgan fingerprint density at radius 2 is 1.90 bits per heavy atom. The van der Waals surface area contributed by atoms with Crippen molar-refractivity contribution < 1.29 is 19.4 Å². The Bertz CT molecular complexity index is 1510. The van der Waals surface area contributed by atoms with Gasteiger partial charge in [0.05, 0.1) is 30.6 Å². The number of fused-ring (bicyclic) bond motifs is 1. The third-order valence-electron chi connectivity index (χ3n) is 6.96. The molecule has 1 N–H and O–H groups in total. The number of hydrogen-bond donors (Lipinski definition) is 1. The average molecular weight is 542 g/mol. The number of aryl methyl sites for hydroxylation is 1. The smallest absolute Gasteiger partial charge is 0.335 e. The highest BCUT2D eigenvalue weighted by Gasteiger charge is 2.25. The predicted molar refractivity (Wildman–Crippen MR) is 154 cm³/mol. The first-order valence-corrected chi connectivity index (χ1v) is 14.0. The summed E-state index contributed by atoms with van der Waals surface area (Å²) < 4.78 is 7.76. The largest absolute Gasteiger partial charge is 0.493 e. The van der Waals surface area contributed by atoms with Gasteiger partial charge in [0, 0.05) is 40.9 Å². The molecule has 5 rings (SSSR count). The van der Waals surface area contributed by atoms with Crippen LogP contribution in [0.15, 0.2) is 78.0 Å². The van der Waals surface area contributed by atoms with Crippen LogP contribution in [0.2, 0.25) is 0 Å². The Kier molecular flexibility index (Phi) is 8.02. The van der Waals surface area contributed by atoms with Gasteiger partial charge in [0.25, 0.3) is 0 Å². The number of anilines is 1. The van der Waals surface area contributed by atoms with Crippen molar-refractivity contribution in [2.45, 2.75) is 38.1 Å². The maximum atomic E-state index is 13.2. The van der Waals surface area contributed by atoms with Crippen molar-refractivity contribution in [3.8, 4) is 16.9 Å². The van der Waals surface area contributed by atoms with Gasteiger partial charge >= 0.3 is 5.97 Å². The second kappa shape index (κ2) is 11.8. The van der Waals surface area contributed by atoms with Gasteiger partial charge in [-0.15, -0.1) is 11.8 Å². The maximum Gasteiger partial charge on any atom is 0.335 e. The number of aromatic nitrogens is 2. The van der Waals surface area contributed by atoms with Crippen LogP contribution >= 0.6 is 11.8 Å². The molecule has 4 aromatic rings. The summed E-state index contributed by atoms with van der Waals surface area (Å²) in [6.07, 6.45) is 4.87. The number of carboxylic acid groups (broad SMARTS) is 1. The number of ether oxygens (including phenoxy) is 1. The van der Waals surface area contributed by atoms with Crippen molar-refractivity contribution in [2.24, 2.45) is 0 Å². The van der Waals surface area contributed by atoms with Crippen LogP contribution in [0.25, 0.3) is 11.1 Å². The van der Waals surface area contributed by atoms with Crippen LogP contribution < -0.4 is 9.64 Å². The summed E-state index contributed by atoms with van der Waals surface area (Å²) in [5.74, 6) is 0.860. The lowest BCUT2D eigenvalue weighted by Gasteiger charge is -2.30. The van der Waals surface area contributed by atoms with Gasteiger partial charge in [-0.25, -0.2) is 4.79 Å². The van der Waals surface area contributed by atoms with Crippen LogP contribution in [-0.2, 0) is 11.3 Å². The Hall–Kier alpha value is -4.04. The highest BCUT2D eigenvalue weighted by molar-refractivity contribution is 7.99. The second-order valence-corrected chi connectivity index (χ2v) is 10.7. The number of amides is 1. The summed E-state index contributed by atoms with van der Waals surface area (Å²) in [6.45, 7) is 5.77. The average Bonchev–Trinajstić information content (AvgIpc) is 3.40. The molecule has 0 radical (unpaired) electrons. The lowest BCUT2D eigenvalue weighted by atomic mass is 10.1. The van der Waals surface area contributed by atoms with E-state index in [4.69, 9.17) is 4.74 Å². The molecule has 3 aromatic carbocycles. The molecule has 0 bridgehead atoms. The molecule has 8 heteroatoms. The lowest BCUT2D eigenvalue weighted by molar-refractivity contribution is -0.118. The predicted octanol–water partition coefficient (Wildman–Crippen LogP) is 6.21. The normalized spacial score (nSPS) is 12.7. The molecule has 0 saturated heterocycles. The van der Waals surface area contributed by atoms with Gasteiger partial charge in [-0.05, 0) is 61.2 Å². The molecule has 0 aliphatic carbocycles. The van der Waals surface area contributed by atoms with E-state index in [9.17, 15) is 14.7 Å². The number of thioether (sulfide) groups is 1. The zero-order valence-corrected chi connectivity index (χ0v) is 22.9. The minimum Gasteiger partial charge on any atom is -0.493 e. The van der Waals surface area contributed by atoms with E-state index >= 15 is 0 Å². The number of aromatic carboxylic acids is 1. The standard InChI is InChI=1S/C31H31N3O4S/c1-21-7-3-12-28(22(21)2)38-15-6-13-29(35)34-14-16-39-30-26(10-5-11-27(30)34)25-18-32-33(20-25)19-23-8-4-9-24(17-23)31(36)37/h3-5,7-12,17-18,20H,6,13-16,19H2,1-2H3,(H,36,37). The first kappa shape index (κ1) is 26.6. The molecule has 0 unspecified atom stereocenters. The molecule has 39 heavy (non-hydrogen) atoms. The minimum absolute atomic E-state index is 0.104. The fourth-order valence-corrected chi connectivity index (χ4v) is 5.88. The number of benzene rings is 3. The maximum absolute atomic E-state index is 13.2. The molecule has 1 amide bonds. The lowest BCUT2D eigenvalue weighted by Crippen LogP contribution is -2.35. The fourth-order valence-electron chi connectivity index (χ4n) is 4.73. The van der Waals surface area contributed by atoms with E-state index in [1.54, 1.807) is 30.0 Å². The second-order valence-electron chi connectivity index (χ2n) is 9.63. The van der Waals surface area contributed by atoms with E-state index in [1.807, 2.05) is 52.3 Å². The van der Waals surface area contributed by atoms with Crippen LogP contribution in [0.5, 0.6) is 5.75 Å². The summed E-state index contributed by atoms with van der Waals surface area (Å²) in [7, 11) is 0. The van der Waals surface area contributed by atoms with Crippen molar-refractivity contribution in [3.63, 3.8) is 0 Å². The molecule has 1 aromatic heterocycles. The first-order chi connectivity index (χ1) is 18.9. The number of nitrogens with zero attached hydrogens (tertiary/aromatic N) is 3. The van der Waals surface area contributed by atoms with Crippen LogP contribution in [0.3, 0.4) is 0 Å². The molecule has 1 aliphatic rings. The highest BCUT2D eigenvalue weighted by Crippen LogP contribution is 2.42. The molecular formula is C31H31N3O4S. The molecular weight excluding hydrogens is 510 g/mol. The molecule has 0 atom stereocenters. The molecule has 200 valence electrons. The molecule has 0 saturated carbocycles. The monoisotopic (exact) mass is 541 g/mol. The summed E-state index contributed by atoms with van der Waals surface area (Å²) in [4.78, 5) is 27.5. The topological polar surface area (TPSA) is 84.7 Å². The van der Waals surface area contributed by atoms with Crippen LogP contribution in [0.4, 0.5) is 5.69 Å². The van der Waals surface area contributed by atoms with Gasteiger partial charge in [0.15, 0.2) is 0 Å².